The molecule has 0 radical (unpaired) electrons. The summed E-state index contributed by atoms with van der Waals surface area (Å²) in [4.78, 5) is 1.77. The molecule has 0 bridgehead atoms. The van der Waals surface area contributed by atoms with Crippen LogP contribution >= 0.6 is 23.2 Å². The molecule has 1 aromatic rings. The normalized spacial score (nSPS) is 11.1. The Morgan fingerprint density at radius 1 is 1.29 bits per heavy atom. The third-order valence-corrected chi connectivity index (χ3v) is 2.74. The van der Waals surface area contributed by atoms with Crippen molar-refractivity contribution in [2.75, 3.05) is 4.90 Å². The van der Waals surface area contributed by atoms with E-state index >= 15 is 0 Å². The first-order valence-corrected chi connectivity index (χ1v) is 5.99. The molecule has 0 spiro atoms. The molecule has 0 saturated heterocycles. The number of halogens is 2. The molecule has 1 N–H and O–H groups in total. The number of amidine groups is 1. The highest BCUT2D eigenvalue weighted by molar-refractivity contribution is 6.45. The number of anilines is 1. The molecule has 1 rings (SSSR count). The van der Waals surface area contributed by atoms with Gasteiger partial charge in [0.2, 0.25) is 0 Å². The highest BCUT2D eigenvalue weighted by atomic mass is 35.5. The van der Waals surface area contributed by atoms with Gasteiger partial charge in [-0.15, -0.1) is 0 Å². The van der Waals surface area contributed by atoms with E-state index in [0.717, 1.165) is 5.69 Å². The molecular weight excluding hydrogens is 255 g/mol. The molecule has 0 saturated carbocycles. The van der Waals surface area contributed by atoms with Crippen LogP contribution in [0.1, 0.15) is 20.8 Å². The third-order valence-electron chi connectivity index (χ3n) is 2.24. The molecule has 0 amide bonds. The third kappa shape index (κ3) is 3.24. The van der Waals surface area contributed by atoms with Crippen molar-refractivity contribution in [3.8, 4) is 0 Å². The maximum atomic E-state index is 8.03. The highest BCUT2D eigenvalue weighted by Crippen LogP contribution is 2.32. The summed E-state index contributed by atoms with van der Waals surface area (Å²) >= 11 is 12.0. The van der Waals surface area contributed by atoms with E-state index in [-0.39, 0.29) is 16.4 Å². The molecule has 4 heteroatoms. The van der Waals surface area contributed by atoms with Crippen molar-refractivity contribution in [3.63, 3.8) is 0 Å². The number of hydrogen-bond donors (Lipinski definition) is 1. The lowest BCUT2D eigenvalue weighted by atomic mass is 10.0. The molecule has 0 fully saturated rings. The van der Waals surface area contributed by atoms with E-state index in [1.165, 1.54) is 0 Å². The Morgan fingerprint density at radius 2 is 1.82 bits per heavy atom. The Morgan fingerprint density at radius 3 is 2.24 bits per heavy atom. The SMILES string of the molecule is C=C(Cl)C(=N)N(c1ccccc1Cl)C(C)(C)C. The van der Waals surface area contributed by atoms with E-state index in [1.807, 2.05) is 39.0 Å². The van der Waals surface area contributed by atoms with Gasteiger partial charge in [0.25, 0.3) is 0 Å². The van der Waals surface area contributed by atoms with E-state index in [1.54, 1.807) is 11.0 Å². The quantitative estimate of drug-likeness (QED) is 0.614. The van der Waals surface area contributed by atoms with Crippen molar-refractivity contribution in [1.82, 2.24) is 0 Å². The van der Waals surface area contributed by atoms with Crippen molar-refractivity contribution >= 4 is 34.7 Å². The Bertz CT molecular complexity index is 447. The van der Waals surface area contributed by atoms with Crippen molar-refractivity contribution in [2.45, 2.75) is 26.3 Å². The first-order valence-electron chi connectivity index (χ1n) is 5.23. The number of nitrogens with one attached hydrogen (secondary N) is 1. The molecule has 2 nitrogen and oxygen atoms in total. The largest absolute Gasteiger partial charge is 0.319 e. The van der Waals surface area contributed by atoms with Crippen molar-refractivity contribution in [1.29, 1.82) is 5.41 Å². The maximum absolute atomic E-state index is 8.03. The second-order valence-corrected chi connectivity index (χ2v) is 5.57. The minimum Gasteiger partial charge on any atom is -0.319 e. The fourth-order valence-electron chi connectivity index (χ4n) is 1.57. The lowest BCUT2D eigenvalue weighted by molar-refractivity contribution is 0.571. The van der Waals surface area contributed by atoms with E-state index in [4.69, 9.17) is 28.6 Å². The highest BCUT2D eigenvalue weighted by Gasteiger charge is 2.27. The molecule has 0 aliphatic heterocycles. The number of para-hydroxylation sites is 1. The summed E-state index contributed by atoms with van der Waals surface area (Å²) in [5.74, 6) is 0.160. The van der Waals surface area contributed by atoms with Crippen LogP contribution in [0.4, 0.5) is 5.69 Å². The number of nitrogens with zero attached hydrogens (tertiary/aromatic N) is 1. The fourth-order valence-corrected chi connectivity index (χ4v) is 1.88. The standard InChI is InChI=1S/C13H16Cl2N2/c1-9(14)12(16)17(13(2,3)4)11-8-6-5-7-10(11)15/h5-8,16H,1H2,2-4H3. The monoisotopic (exact) mass is 270 g/mol. The molecular formula is C13H16Cl2N2. The molecule has 0 heterocycles. The molecule has 92 valence electrons. The lowest BCUT2D eigenvalue weighted by Gasteiger charge is -2.37. The van der Waals surface area contributed by atoms with Gasteiger partial charge in [0.05, 0.1) is 15.7 Å². The van der Waals surface area contributed by atoms with Crippen LogP contribution in [0.2, 0.25) is 5.02 Å². The molecule has 0 aliphatic rings. The smallest absolute Gasteiger partial charge is 0.144 e. The van der Waals surface area contributed by atoms with Crippen LogP contribution in [-0.4, -0.2) is 11.4 Å². The minimum atomic E-state index is -0.306. The molecule has 17 heavy (non-hydrogen) atoms. The first-order chi connectivity index (χ1) is 7.75. The number of benzene rings is 1. The molecule has 0 unspecified atom stereocenters. The summed E-state index contributed by atoms with van der Waals surface area (Å²) < 4.78 is 0. The van der Waals surface area contributed by atoms with Crippen LogP contribution in [0.5, 0.6) is 0 Å². The molecule has 0 atom stereocenters. The van der Waals surface area contributed by atoms with Crippen LogP contribution in [0.25, 0.3) is 0 Å². The van der Waals surface area contributed by atoms with Crippen LogP contribution < -0.4 is 4.90 Å². The van der Waals surface area contributed by atoms with Crippen LogP contribution in [0.3, 0.4) is 0 Å². The fraction of sp³-hybridized carbons (Fsp3) is 0.308. The summed E-state index contributed by atoms with van der Waals surface area (Å²) in [6.45, 7) is 9.57. The Labute approximate surface area is 112 Å². The molecule has 0 aromatic heterocycles. The van der Waals surface area contributed by atoms with Crippen LogP contribution in [-0.2, 0) is 0 Å². The maximum Gasteiger partial charge on any atom is 0.144 e. The first kappa shape index (κ1) is 14.1. The van der Waals surface area contributed by atoms with Crippen molar-refractivity contribution in [2.24, 2.45) is 0 Å². The second-order valence-electron chi connectivity index (χ2n) is 4.71. The summed E-state index contributed by atoms with van der Waals surface area (Å²) in [7, 11) is 0. The minimum absolute atomic E-state index is 0.160. The Kier molecular flexibility index (Phi) is 4.23. The topological polar surface area (TPSA) is 27.1 Å². The zero-order valence-corrected chi connectivity index (χ0v) is 11.7. The van der Waals surface area contributed by atoms with Gasteiger partial charge in [-0.3, -0.25) is 5.41 Å². The van der Waals surface area contributed by atoms with Crippen molar-refractivity contribution in [3.05, 3.63) is 40.9 Å². The molecule has 0 aliphatic carbocycles. The van der Waals surface area contributed by atoms with Gasteiger partial charge >= 0.3 is 0 Å². The summed E-state index contributed by atoms with van der Waals surface area (Å²) in [6.07, 6.45) is 0. The zero-order chi connectivity index (χ0) is 13.2. The zero-order valence-electron chi connectivity index (χ0n) is 10.2. The van der Waals surface area contributed by atoms with E-state index in [0.29, 0.717) is 5.02 Å². The van der Waals surface area contributed by atoms with Gasteiger partial charge in [-0.1, -0.05) is 41.9 Å². The summed E-state index contributed by atoms with van der Waals surface area (Å²) in [6, 6.07) is 7.39. The van der Waals surface area contributed by atoms with Gasteiger partial charge in [-0.05, 0) is 32.9 Å². The van der Waals surface area contributed by atoms with Gasteiger partial charge in [0, 0.05) is 5.54 Å². The van der Waals surface area contributed by atoms with Gasteiger partial charge in [-0.25, -0.2) is 0 Å². The van der Waals surface area contributed by atoms with E-state index < -0.39 is 0 Å². The van der Waals surface area contributed by atoms with Gasteiger partial charge in [0.1, 0.15) is 5.84 Å². The predicted molar refractivity (Wildman–Crippen MR) is 76.4 cm³/mol. The van der Waals surface area contributed by atoms with Gasteiger partial charge in [0.15, 0.2) is 0 Å². The Hall–Kier alpha value is -0.990. The van der Waals surface area contributed by atoms with Gasteiger partial charge < -0.3 is 4.90 Å². The van der Waals surface area contributed by atoms with Gasteiger partial charge in [-0.2, -0.15) is 0 Å². The van der Waals surface area contributed by atoms with Crippen LogP contribution in [0, 0.1) is 5.41 Å². The van der Waals surface area contributed by atoms with Crippen molar-refractivity contribution < 1.29 is 0 Å². The number of hydrogen-bond acceptors (Lipinski definition) is 1. The average Bonchev–Trinajstić information content (AvgIpc) is 2.19. The second kappa shape index (κ2) is 5.11. The molecule has 1 aromatic carbocycles. The Balaban J connectivity index is 3.31. The average molecular weight is 271 g/mol. The predicted octanol–water partition coefficient (Wildman–Crippen LogP) is 4.67. The van der Waals surface area contributed by atoms with E-state index in [9.17, 15) is 0 Å². The van der Waals surface area contributed by atoms with E-state index in [2.05, 4.69) is 6.58 Å². The number of rotatable bonds is 2. The van der Waals surface area contributed by atoms with Crippen LogP contribution in [0.15, 0.2) is 35.9 Å². The summed E-state index contributed by atoms with van der Waals surface area (Å²) in [5.41, 5.74) is 0.452. The lowest BCUT2D eigenvalue weighted by Crippen LogP contribution is -2.45. The summed E-state index contributed by atoms with van der Waals surface area (Å²) in [5, 5.41) is 8.81.